The Hall–Kier alpha value is -3.49. The Labute approximate surface area is 200 Å². The fourth-order valence-corrected chi connectivity index (χ4v) is 3.39. The maximum atomic E-state index is 12.3. The molecule has 3 aromatic rings. The second kappa shape index (κ2) is 10.9. The number of non-ortho nitro benzene ring substituents is 1. The first-order valence-corrected chi connectivity index (χ1v) is 10.6. The molecule has 0 spiro atoms. The highest BCUT2D eigenvalue weighted by molar-refractivity contribution is 6.32. The number of nitro groups is 1. The van der Waals surface area contributed by atoms with Crippen molar-refractivity contribution in [3.63, 3.8) is 0 Å². The number of amides is 1. The van der Waals surface area contributed by atoms with Crippen LogP contribution in [0.5, 0.6) is 11.5 Å². The molecule has 172 valence electrons. The van der Waals surface area contributed by atoms with Crippen LogP contribution in [0.3, 0.4) is 0 Å². The monoisotopic (exact) mass is 489 g/mol. The molecule has 10 heteroatoms. The number of nitro benzene ring substituents is 1. The Bertz CT molecular complexity index is 1170. The fraction of sp³-hybridized carbons (Fsp3) is 0.174. The summed E-state index contributed by atoms with van der Waals surface area (Å²) in [5.74, 6) is 0.237. The van der Waals surface area contributed by atoms with Crippen molar-refractivity contribution in [2.45, 2.75) is 13.5 Å². The van der Waals surface area contributed by atoms with E-state index < -0.39 is 4.92 Å². The molecule has 3 aromatic carbocycles. The molecule has 0 aromatic heterocycles. The van der Waals surface area contributed by atoms with Crippen molar-refractivity contribution < 1.29 is 19.2 Å². The van der Waals surface area contributed by atoms with E-state index in [2.05, 4.69) is 10.6 Å². The second-order valence-electron chi connectivity index (χ2n) is 7.07. The largest absolute Gasteiger partial charge is 0.493 e. The average molecular weight is 490 g/mol. The molecule has 0 atom stereocenters. The Morgan fingerprint density at radius 3 is 2.36 bits per heavy atom. The predicted molar refractivity (Wildman–Crippen MR) is 129 cm³/mol. The van der Waals surface area contributed by atoms with Gasteiger partial charge in [-0.1, -0.05) is 29.3 Å². The van der Waals surface area contributed by atoms with Gasteiger partial charge in [-0.25, -0.2) is 0 Å². The minimum absolute atomic E-state index is 0.0151. The third-order valence-electron chi connectivity index (χ3n) is 4.67. The number of carbonyl (C=O) groups is 1. The first-order chi connectivity index (χ1) is 15.8. The summed E-state index contributed by atoms with van der Waals surface area (Å²) in [6.45, 7) is 1.99. The van der Waals surface area contributed by atoms with Gasteiger partial charge in [0.1, 0.15) is 0 Å². The number of carbonyl (C=O) groups excluding carboxylic acids is 1. The molecule has 0 fully saturated rings. The topological polar surface area (TPSA) is 103 Å². The van der Waals surface area contributed by atoms with Gasteiger partial charge in [-0.15, -0.1) is 0 Å². The molecule has 0 aliphatic heterocycles. The first kappa shape index (κ1) is 24.2. The van der Waals surface area contributed by atoms with Crippen LogP contribution < -0.4 is 20.1 Å². The van der Waals surface area contributed by atoms with E-state index >= 15 is 0 Å². The Balaban J connectivity index is 1.62. The molecule has 0 aliphatic carbocycles. The zero-order chi connectivity index (χ0) is 24.0. The minimum atomic E-state index is -0.455. The minimum Gasteiger partial charge on any atom is -0.493 e. The lowest BCUT2D eigenvalue weighted by atomic mass is 10.2. The van der Waals surface area contributed by atoms with Gasteiger partial charge in [0.25, 0.3) is 11.6 Å². The van der Waals surface area contributed by atoms with Crippen LogP contribution in [0.25, 0.3) is 0 Å². The third-order valence-corrected chi connectivity index (χ3v) is 5.36. The van der Waals surface area contributed by atoms with Gasteiger partial charge in [0.05, 0.1) is 17.1 Å². The van der Waals surface area contributed by atoms with Gasteiger partial charge in [0.2, 0.25) is 0 Å². The van der Waals surface area contributed by atoms with E-state index in [1.807, 2.05) is 13.0 Å². The number of benzene rings is 3. The number of rotatable bonds is 9. The summed E-state index contributed by atoms with van der Waals surface area (Å²) in [6, 6.07) is 14.7. The summed E-state index contributed by atoms with van der Waals surface area (Å²) in [5, 5.41) is 17.5. The van der Waals surface area contributed by atoms with Gasteiger partial charge in [-0.05, 0) is 54.4 Å². The number of nitrogens with one attached hydrogen (secondary N) is 2. The maximum Gasteiger partial charge on any atom is 0.269 e. The SMILES string of the molecule is COc1cc(CNc2ccc([N+](=O)[O-])cc2)cc(Cl)c1OCC(=O)Nc1ccc(C)c(Cl)c1. The number of aryl methyl sites for hydroxylation is 1. The van der Waals surface area contributed by atoms with E-state index in [1.54, 1.807) is 36.4 Å². The number of hydrogen-bond donors (Lipinski definition) is 2. The number of hydrogen-bond acceptors (Lipinski definition) is 6. The molecule has 8 nitrogen and oxygen atoms in total. The van der Waals surface area contributed by atoms with Crippen LogP contribution in [0.15, 0.2) is 54.6 Å². The Morgan fingerprint density at radius 1 is 1.03 bits per heavy atom. The number of nitrogens with zero attached hydrogens (tertiary/aromatic N) is 1. The summed E-state index contributed by atoms with van der Waals surface area (Å²) >= 11 is 12.5. The van der Waals surface area contributed by atoms with E-state index in [1.165, 1.54) is 19.2 Å². The highest BCUT2D eigenvalue weighted by atomic mass is 35.5. The lowest BCUT2D eigenvalue weighted by molar-refractivity contribution is -0.384. The molecular weight excluding hydrogens is 469 g/mol. The van der Waals surface area contributed by atoms with Crippen LogP contribution in [0.1, 0.15) is 11.1 Å². The van der Waals surface area contributed by atoms with Crippen molar-refractivity contribution in [2.75, 3.05) is 24.4 Å². The van der Waals surface area contributed by atoms with Gasteiger partial charge in [0.15, 0.2) is 18.1 Å². The molecule has 0 saturated heterocycles. The first-order valence-electron chi connectivity index (χ1n) is 9.80. The van der Waals surface area contributed by atoms with Gasteiger partial charge in [0, 0.05) is 35.1 Å². The molecule has 0 unspecified atom stereocenters. The van der Waals surface area contributed by atoms with E-state index in [4.69, 9.17) is 32.7 Å². The highest BCUT2D eigenvalue weighted by Gasteiger charge is 2.14. The Kier molecular flexibility index (Phi) is 7.97. The second-order valence-corrected chi connectivity index (χ2v) is 7.88. The molecule has 1 amide bonds. The van der Waals surface area contributed by atoms with Crippen molar-refractivity contribution in [3.8, 4) is 11.5 Å². The van der Waals surface area contributed by atoms with Crippen LogP contribution in [0, 0.1) is 17.0 Å². The van der Waals surface area contributed by atoms with Crippen molar-refractivity contribution in [3.05, 3.63) is 85.9 Å². The Morgan fingerprint density at radius 2 is 1.73 bits per heavy atom. The lowest BCUT2D eigenvalue weighted by Gasteiger charge is -2.15. The molecule has 0 radical (unpaired) electrons. The van der Waals surface area contributed by atoms with Crippen molar-refractivity contribution in [2.24, 2.45) is 0 Å². The van der Waals surface area contributed by atoms with E-state index in [0.717, 1.165) is 11.1 Å². The summed E-state index contributed by atoms with van der Waals surface area (Å²) in [5.41, 5.74) is 2.99. The van der Waals surface area contributed by atoms with Gasteiger partial charge >= 0.3 is 0 Å². The summed E-state index contributed by atoms with van der Waals surface area (Å²) < 4.78 is 11.0. The highest BCUT2D eigenvalue weighted by Crippen LogP contribution is 2.36. The molecule has 0 saturated carbocycles. The van der Waals surface area contributed by atoms with Crippen LogP contribution >= 0.6 is 23.2 Å². The van der Waals surface area contributed by atoms with Crippen molar-refractivity contribution in [1.82, 2.24) is 0 Å². The van der Waals surface area contributed by atoms with Crippen molar-refractivity contribution >= 4 is 46.2 Å². The van der Waals surface area contributed by atoms with Crippen molar-refractivity contribution in [1.29, 1.82) is 0 Å². The fourth-order valence-electron chi connectivity index (χ4n) is 2.93. The van der Waals surface area contributed by atoms with Gasteiger partial charge in [-0.3, -0.25) is 14.9 Å². The molecular formula is C23H21Cl2N3O5. The van der Waals surface area contributed by atoms with Crippen LogP contribution in [-0.2, 0) is 11.3 Å². The molecule has 33 heavy (non-hydrogen) atoms. The molecule has 0 bridgehead atoms. The van der Waals surface area contributed by atoms with Crippen LogP contribution in [0.4, 0.5) is 17.1 Å². The standard InChI is InChI=1S/C23H21Cl2N3O5/c1-14-3-4-17(11-19(14)24)27-22(29)13-33-23-20(25)9-15(10-21(23)32-2)12-26-16-5-7-18(8-6-16)28(30)31/h3-11,26H,12-13H2,1-2H3,(H,27,29). The van der Waals surface area contributed by atoms with Gasteiger partial charge < -0.3 is 20.1 Å². The maximum absolute atomic E-state index is 12.3. The summed E-state index contributed by atoms with van der Waals surface area (Å²) in [4.78, 5) is 22.6. The summed E-state index contributed by atoms with van der Waals surface area (Å²) in [7, 11) is 1.47. The third kappa shape index (κ3) is 6.50. The molecule has 2 N–H and O–H groups in total. The average Bonchev–Trinajstić information content (AvgIpc) is 2.79. The van der Waals surface area contributed by atoms with Gasteiger partial charge in [-0.2, -0.15) is 0 Å². The van der Waals surface area contributed by atoms with Crippen LogP contribution in [-0.4, -0.2) is 24.5 Å². The van der Waals surface area contributed by atoms with E-state index in [0.29, 0.717) is 28.7 Å². The van der Waals surface area contributed by atoms with Crippen LogP contribution in [0.2, 0.25) is 10.0 Å². The lowest BCUT2D eigenvalue weighted by Crippen LogP contribution is -2.20. The smallest absolute Gasteiger partial charge is 0.269 e. The number of anilines is 2. The van der Waals surface area contributed by atoms with E-state index in [9.17, 15) is 14.9 Å². The molecule has 0 heterocycles. The zero-order valence-electron chi connectivity index (χ0n) is 17.9. The normalized spacial score (nSPS) is 10.4. The quantitative estimate of drug-likeness (QED) is 0.288. The molecule has 3 rings (SSSR count). The zero-order valence-corrected chi connectivity index (χ0v) is 19.4. The van der Waals surface area contributed by atoms with E-state index in [-0.39, 0.29) is 29.0 Å². The molecule has 0 aliphatic rings. The number of ether oxygens (including phenoxy) is 2. The number of methoxy groups -OCH3 is 1. The summed E-state index contributed by atoms with van der Waals surface area (Å²) in [6.07, 6.45) is 0. The predicted octanol–water partition coefficient (Wildman–Crippen LogP) is 5.85. The number of halogens is 2.